The van der Waals surface area contributed by atoms with Crippen molar-refractivity contribution in [2.45, 2.75) is 13.5 Å². The van der Waals surface area contributed by atoms with Crippen molar-refractivity contribution in [2.24, 2.45) is 7.05 Å². The van der Waals surface area contributed by atoms with Gasteiger partial charge in [0.25, 0.3) is 5.69 Å². The number of nitro benzene ring substituents is 1. The molecule has 1 N–H and O–H groups in total. The van der Waals surface area contributed by atoms with Crippen LogP contribution in [0.5, 0.6) is 0 Å². The van der Waals surface area contributed by atoms with Gasteiger partial charge in [-0.3, -0.25) is 14.8 Å². The number of aromatic nitrogens is 2. The summed E-state index contributed by atoms with van der Waals surface area (Å²) in [7, 11) is 1.83. The van der Waals surface area contributed by atoms with Crippen molar-refractivity contribution in [1.82, 2.24) is 9.78 Å². The molecule has 94 valence electrons. The number of anilines is 1. The van der Waals surface area contributed by atoms with E-state index in [1.54, 1.807) is 23.0 Å². The van der Waals surface area contributed by atoms with Crippen LogP contribution in [0.25, 0.3) is 0 Å². The second-order valence-electron chi connectivity index (χ2n) is 4.08. The molecule has 0 aliphatic rings. The Bertz CT molecular complexity index is 577. The fourth-order valence-corrected chi connectivity index (χ4v) is 1.70. The van der Waals surface area contributed by atoms with E-state index in [9.17, 15) is 10.1 Å². The van der Waals surface area contributed by atoms with Crippen LogP contribution in [0.4, 0.5) is 11.4 Å². The van der Waals surface area contributed by atoms with Gasteiger partial charge in [-0.05, 0) is 24.6 Å². The van der Waals surface area contributed by atoms with Crippen molar-refractivity contribution in [3.8, 4) is 0 Å². The fraction of sp³-hybridized carbons (Fsp3) is 0.250. The Morgan fingerprint density at radius 1 is 1.44 bits per heavy atom. The minimum Gasteiger partial charge on any atom is -0.374 e. The summed E-state index contributed by atoms with van der Waals surface area (Å²) in [5, 5.41) is 18.1. The van der Waals surface area contributed by atoms with Crippen LogP contribution >= 0.6 is 0 Å². The van der Waals surface area contributed by atoms with E-state index >= 15 is 0 Å². The summed E-state index contributed by atoms with van der Waals surface area (Å²) in [4.78, 5) is 10.6. The van der Waals surface area contributed by atoms with E-state index in [0.717, 1.165) is 11.3 Å². The molecular formula is C12H14N4O2. The number of rotatable bonds is 4. The maximum atomic E-state index is 11.0. The first-order chi connectivity index (χ1) is 8.58. The molecule has 0 radical (unpaired) electrons. The molecule has 0 saturated carbocycles. The van der Waals surface area contributed by atoms with Crippen molar-refractivity contribution >= 4 is 11.4 Å². The maximum absolute atomic E-state index is 11.0. The summed E-state index contributed by atoms with van der Waals surface area (Å²) in [5.41, 5.74) is 2.45. The molecule has 6 nitrogen and oxygen atoms in total. The third-order valence-electron chi connectivity index (χ3n) is 2.73. The average molecular weight is 246 g/mol. The summed E-state index contributed by atoms with van der Waals surface area (Å²) < 4.78 is 1.73. The highest BCUT2D eigenvalue weighted by Crippen LogP contribution is 2.25. The van der Waals surface area contributed by atoms with Gasteiger partial charge in [0.1, 0.15) is 5.69 Å². The van der Waals surface area contributed by atoms with Gasteiger partial charge in [-0.1, -0.05) is 6.07 Å². The van der Waals surface area contributed by atoms with Crippen molar-refractivity contribution in [3.63, 3.8) is 0 Å². The van der Waals surface area contributed by atoms with Crippen LogP contribution in [-0.2, 0) is 13.6 Å². The van der Waals surface area contributed by atoms with E-state index in [0.29, 0.717) is 12.2 Å². The Labute approximate surface area is 104 Å². The molecule has 1 aromatic carbocycles. The first kappa shape index (κ1) is 12.1. The molecule has 0 fully saturated rings. The van der Waals surface area contributed by atoms with Crippen LogP contribution in [0.3, 0.4) is 0 Å². The van der Waals surface area contributed by atoms with Crippen LogP contribution in [0.1, 0.15) is 11.3 Å². The minimum absolute atomic E-state index is 0.0946. The highest BCUT2D eigenvalue weighted by molar-refractivity contribution is 5.62. The molecule has 2 rings (SSSR count). The SMILES string of the molecule is Cc1ccc(NCc2ccnn2C)c([N+](=O)[O-])c1. The van der Waals surface area contributed by atoms with Crippen LogP contribution in [0, 0.1) is 17.0 Å². The lowest BCUT2D eigenvalue weighted by Gasteiger charge is -2.07. The summed E-state index contributed by atoms with van der Waals surface area (Å²) in [5.74, 6) is 0. The number of nitro groups is 1. The van der Waals surface area contributed by atoms with Crippen LogP contribution in [0.2, 0.25) is 0 Å². The molecule has 0 aliphatic carbocycles. The number of aryl methyl sites for hydroxylation is 2. The summed E-state index contributed by atoms with van der Waals surface area (Å²) in [6.45, 7) is 2.33. The Hall–Kier alpha value is -2.37. The summed E-state index contributed by atoms with van der Waals surface area (Å²) >= 11 is 0. The lowest BCUT2D eigenvalue weighted by Crippen LogP contribution is -2.07. The van der Waals surface area contributed by atoms with Gasteiger partial charge in [0.15, 0.2) is 0 Å². The molecular weight excluding hydrogens is 232 g/mol. The largest absolute Gasteiger partial charge is 0.374 e. The zero-order valence-electron chi connectivity index (χ0n) is 10.3. The maximum Gasteiger partial charge on any atom is 0.292 e. The van der Waals surface area contributed by atoms with Crippen LogP contribution in [-0.4, -0.2) is 14.7 Å². The predicted octanol–water partition coefficient (Wildman–Crippen LogP) is 2.25. The van der Waals surface area contributed by atoms with E-state index < -0.39 is 0 Å². The number of nitrogens with zero attached hydrogens (tertiary/aromatic N) is 3. The third kappa shape index (κ3) is 2.48. The van der Waals surface area contributed by atoms with Crippen LogP contribution in [0.15, 0.2) is 30.5 Å². The van der Waals surface area contributed by atoms with Crippen LogP contribution < -0.4 is 5.32 Å². The molecule has 0 saturated heterocycles. The third-order valence-corrected chi connectivity index (χ3v) is 2.73. The van der Waals surface area contributed by atoms with Crippen molar-refractivity contribution in [2.75, 3.05) is 5.32 Å². The number of benzene rings is 1. The quantitative estimate of drug-likeness (QED) is 0.663. The first-order valence-electron chi connectivity index (χ1n) is 5.53. The Morgan fingerprint density at radius 3 is 2.83 bits per heavy atom. The minimum atomic E-state index is -0.376. The number of hydrogen-bond acceptors (Lipinski definition) is 4. The highest BCUT2D eigenvalue weighted by Gasteiger charge is 2.13. The van der Waals surface area contributed by atoms with Gasteiger partial charge in [0.2, 0.25) is 0 Å². The van der Waals surface area contributed by atoms with E-state index in [2.05, 4.69) is 10.4 Å². The van der Waals surface area contributed by atoms with Gasteiger partial charge in [-0.2, -0.15) is 5.10 Å². The molecule has 0 amide bonds. The van der Waals surface area contributed by atoms with Gasteiger partial charge in [0, 0.05) is 19.3 Å². The second kappa shape index (κ2) is 4.87. The van der Waals surface area contributed by atoms with Gasteiger partial charge < -0.3 is 5.32 Å². The summed E-state index contributed by atoms with van der Waals surface area (Å²) in [6.07, 6.45) is 1.70. The van der Waals surface area contributed by atoms with E-state index in [1.165, 1.54) is 0 Å². The van der Waals surface area contributed by atoms with Gasteiger partial charge >= 0.3 is 0 Å². The van der Waals surface area contributed by atoms with E-state index in [1.807, 2.05) is 26.1 Å². The predicted molar refractivity (Wildman–Crippen MR) is 68.4 cm³/mol. The zero-order valence-corrected chi connectivity index (χ0v) is 10.3. The molecule has 18 heavy (non-hydrogen) atoms. The summed E-state index contributed by atoms with van der Waals surface area (Å²) in [6, 6.07) is 7.00. The van der Waals surface area contributed by atoms with E-state index in [4.69, 9.17) is 0 Å². The second-order valence-corrected chi connectivity index (χ2v) is 4.08. The van der Waals surface area contributed by atoms with Crippen molar-refractivity contribution < 1.29 is 4.92 Å². The number of nitrogens with one attached hydrogen (secondary N) is 1. The molecule has 0 atom stereocenters. The topological polar surface area (TPSA) is 73.0 Å². The van der Waals surface area contributed by atoms with Gasteiger partial charge in [0.05, 0.1) is 17.2 Å². The molecule has 0 spiro atoms. The van der Waals surface area contributed by atoms with E-state index in [-0.39, 0.29) is 10.6 Å². The zero-order chi connectivity index (χ0) is 13.1. The average Bonchev–Trinajstić information content (AvgIpc) is 2.73. The Morgan fingerprint density at radius 2 is 2.22 bits per heavy atom. The highest BCUT2D eigenvalue weighted by atomic mass is 16.6. The standard InChI is InChI=1S/C12H14N4O2/c1-9-3-4-11(12(7-9)16(17)18)13-8-10-5-6-14-15(10)2/h3-7,13H,8H2,1-2H3. The molecule has 1 aromatic heterocycles. The molecule has 1 heterocycles. The molecule has 0 aliphatic heterocycles. The fourth-order valence-electron chi connectivity index (χ4n) is 1.70. The lowest BCUT2D eigenvalue weighted by molar-refractivity contribution is -0.384. The number of hydrogen-bond donors (Lipinski definition) is 1. The molecule has 2 aromatic rings. The lowest BCUT2D eigenvalue weighted by atomic mass is 10.2. The Kier molecular flexibility index (Phi) is 3.27. The normalized spacial score (nSPS) is 10.3. The monoisotopic (exact) mass is 246 g/mol. The van der Waals surface area contributed by atoms with Gasteiger partial charge in [-0.25, -0.2) is 0 Å². The first-order valence-corrected chi connectivity index (χ1v) is 5.53. The smallest absolute Gasteiger partial charge is 0.292 e. The molecule has 0 unspecified atom stereocenters. The van der Waals surface area contributed by atoms with Gasteiger partial charge in [-0.15, -0.1) is 0 Å². The Balaban J connectivity index is 2.19. The van der Waals surface area contributed by atoms with Crippen molar-refractivity contribution in [3.05, 3.63) is 51.8 Å². The van der Waals surface area contributed by atoms with Crippen molar-refractivity contribution in [1.29, 1.82) is 0 Å². The molecule has 0 bridgehead atoms. The molecule has 6 heteroatoms.